The Labute approximate surface area is 212 Å². The van der Waals surface area contributed by atoms with Crippen LogP contribution in [0.3, 0.4) is 0 Å². The maximum atomic E-state index is 13.7. The minimum Gasteiger partial charge on any atom is -0.457 e. The third-order valence-electron chi connectivity index (χ3n) is 6.19. The van der Waals surface area contributed by atoms with Gasteiger partial charge in [-0.3, -0.25) is 13.9 Å². The molecule has 3 heterocycles. The molecule has 2 aromatic heterocycles. The average molecular weight is 503 g/mol. The van der Waals surface area contributed by atoms with E-state index in [0.717, 1.165) is 5.56 Å². The van der Waals surface area contributed by atoms with Crippen molar-refractivity contribution in [2.75, 3.05) is 18.8 Å². The number of nitrogen functional groups attached to an aromatic ring is 1. The van der Waals surface area contributed by atoms with Crippen LogP contribution in [-0.2, 0) is 4.79 Å². The molecule has 0 radical (unpaired) electrons. The van der Waals surface area contributed by atoms with Crippen LogP contribution in [0.2, 0.25) is 5.02 Å². The van der Waals surface area contributed by atoms with E-state index < -0.39 is 0 Å². The summed E-state index contributed by atoms with van der Waals surface area (Å²) in [6.07, 6.45) is 1.94. The van der Waals surface area contributed by atoms with Crippen LogP contribution in [0, 0.1) is 18.8 Å². The molecular formula is C26H23ClN6O3. The molecule has 1 fully saturated rings. The predicted molar refractivity (Wildman–Crippen MR) is 137 cm³/mol. The third kappa shape index (κ3) is 4.16. The maximum absolute atomic E-state index is 13.7. The summed E-state index contributed by atoms with van der Waals surface area (Å²) in [6, 6.07) is 12.3. The summed E-state index contributed by atoms with van der Waals surface area (Å²) in [5, 5.41) is 0.668. The van der Waals surface area contributed by atoms with Gasteiger partial charge in [0, 0.05) is 18.1 Å². The molecule has 0 spiro atoms. The van der Waals surface area contributed by atoms with Gasteiger partial charge in [0.15, 0.2) is 11.5 Å². The molecule has 1 aliphatic rings. The van der Waals surface area contributed by atoms with Crippen molar-refractivity contribution in [2.45, 2.75) is 26.3 Å². The topological polar surface area (TPSA) is 108 Å². The van der Waals surface area contributed by atoms with E-state index >= 15 is 0 Å². The van der Waals surface area contributed by atoms with Crippen molar-refractivity contribution in [3.63, 3.8) is 0 Å². The Hall–Kier alpha value is -4.29. The molecule has 0 saturated carbocycles. The number of ether oxygens (including phenoxy) is 1. The first-order chi connectivity index (χ1) is 17.4. The molecule has 9 nitrogen and oxygen atoms in total. The smallest absolute Gasteiger partial charge is 0.335 e. The number of hydrogen-bond donors (Lipinski definition) is 1. The summed E-state index contributed by atoms with van der Waals surface area (Å²) in [5.41, 5.74) is 8.24. The number of anilines is 1. The number of imidazole rings is 1. The number of aryl methyl sites for hydroxylation is 1. The van der Waals surface area contributed by atoms with E-state index in [9.17, 15) is 9.59 Å². The number of carbonyl (C=O) groups is 1. The predicted octanol–water partition coefficient (Wildman–Crippen LogP) is 3.72. The van der Waals surface area contributed by atoms with E-state index in [-0.39, 0.29) is 23.5 Å². The summed E-state index contributed by atoms with van der Waals surface area (Å²) in [4.78, 5) is 36.1. The van der Waals surface area contributed by atoms with Gasteiger partial charge in [-0.25, -0.2) is 14.8 Å². The first-order valence-corrected chi connectivity index (χ1v) is 11.7. The van der Waals surface area contributed by atoms with Gasteiger partial charge in [0.25, 0.3) is 5.91 Å². The molecule has 0 aliphatic carbocycles. The maximum Gasteiger partial charge on any atom is 0.335 e. The van der Waals surface area contributed by atoms with Crippen molar-refractivity contribution in [2.24, 2.45) is 0 Å². The van der Waals surface area contributed by atoms with Crippen molar-refractivity contribution in [3.05, 3.63) is 69.9 Å². The summed E-state index contributed by atoms with van der Waals surface area (Å²) >= 11 is 6.10. The van der Waals surface area contributed by atoms with Crippen LogP contribution in [0.4, 0.5) is 5.82 Å². The lowest BCUT2D eigenvalue weighted by Gasteiger charge is -2.14. The molecule has 1 unspecified atom stereocenters. The summed E-state index contributed by atoms with van der Waals surface area (Å²) < 4.78 is 9.03. The van der Waals surface area contributed by atoms with E-state index in [4.69, 9.17) is 22.1 Å². The number of halogens is 1. The van der Waals surface area contributed by atoms with E-state index in [1.807, 2.05) is 13.0 Å². The van der Waals surface area contributed by atoms with Crippen LogP contribution >= 0.6 is 11.6 Å². The fourth-order valence-electron chi connectivity index (χ4n) is 4.44. The van der Waals surface area contributed by atoms with Gasteiger partial charge in [-0.1, -0.05) is 17.5 Å². The Morgan fingerprint density at radius 2 is 1.92 bits per heavy atom. The fourth-order valence-corrected chi connectivity index (χ4v) is 4.56. The number of carbonyl (C=O) groups excluding carboxylic acids is 1. The van der Waals surface area contributed by atoms with Crippen LogP contribution in [0.25, 0.3) is 16.9 Å². The number of likely N-dealkylation sites (tertiary alicyclic amines) is 1. The molecule has 182 valence electrons. The zero-order chi connectivity index (χ0) is 25.4. The summed E-state index contributed by atoms with van der Waals surface area (Å²) in [7, 11) is 0. The van der Waals surface area contributed by atoms with E-state index in [1.165, 1.54) is 10.9 Å². The highest BCUT2D eigenvalue weighted by atomic mass is 35.5. The van der Waals surface area contributed by atoms with Gasteiger partial charge in [0.2, 0.25) is 0 Å². The average Bonchev–Trinajstić information content (AvgIpc) is 3.45. The molecule has 0 bridgehead atoms. The summed E-state index contributed by atoms with van der Waals surface area (Å²) in [6.45, 7) is 4.40. The van der Waals surface area contributed by atoms with Gasteiger partial charge >= 0.3 is 5.69 Å². The van der Waals surface area contributed by atoms with E-state index in [2.05, 4.69) is 21.8 Å². The van der Waals surface area contributed by atoms with Crippen LogP contribution in [0.1, 0.15) is 24.9 Å². The van der Waals surface area contributed by atoms with Gasteiger partial charge in [-0.15, -0.1) is 0 Å². The quantitative estimate of drug-likeness (QED) is 0.426. The molecule has 4 aromatic rings. The molecular weight excluding hydrogens is 480 g/mol. The lowest BCUT2D eigenvalue weighted by molar-refractivity contribution is -0.124. The van der Waals surface area contributed by atoms with Crippen molar-refractivity contribution in [1.29, 1.82) is 0 Å². The van der Waals surface area contributed by atoms with Gasteiger partial charge in [-0.05, 0) is 74.2 Å². The highest BCUT2D eigenvalue weighted by Crippen LogP contribution is 2.29. The van der Waals surface area contributed by atoms with Crippen LogP contribution in [0.5, 0.6) is 11.5 Å². The van der Waals surface area contributed by atoms with Crippen molar-refractivity contribution < 1.29 is 9.53 Å². The molecule has 1 atom stereocenters. The summed E-state index contributed by atoms with van der Waals surface area (Å²) in [5.74, 6) is 6.39. The Kier molecular flexibility index (Phi) is 6.12. The second-order valence-electron chi connectivity index (χ2n) is 8.49. The lowest BCUT2D eigenvalue weighted by Crippen LogP contribution is -2.31. The van der Waals surface area contributed by atoms with Gasteiger partial charge in [0.05, 0.1) is 11.7 Å². The molecule has 1 saturated heterocycles. The Morgan fingerprint density at radius 3 is 2.64 bits per heavy atom. The molecule has 2 aromatic carbocycles. The van der Waals surface area contributed by atoms with Gasteiger partial charge in [-0.2, -0.15) is 0 Å². The number of amides is 1. The number of hydrogen-bond acceptors (Lipinski definition) is 6. The first-order valence-electron chi connectivity index (χ1n) is 11.4. The van der Waals surface area contributed by atoms with Crippen LogP contribution in [0.15, 0.2) is 53.6 Å². The molecule has 10 heteroatoms. The molecule has 5 rings (SSSR count). The highest BCUT2D eigenvalue weighted by Gasteiger charge is 2.31. The Morgan fingerprint density at radius 1 is 1.17 bits per heavy atom. The standard InChI is InChI=1S/C26H23ClN6O3/c1-3-4-22(34)31-12-11-18(14-31)33-25-23(24(28)29-15-30-25)32(26(33)35)17-5-7-19(8-6-17)36-20-9-10-21(27)16(2)13-20/h5-10,13,15,18H,11-12,14H2,1-2H3,(H2,28,29,30). The Balaban J connectivity index is 1.51. The largest absolute Gasteiger partial charge is 0.457 e. The molecule has 1 aliphatic heterocycles. The Bertz CT molecular complexity index is 1600. The van der Waals surface area contributed by atoms with Crippen LogP contribution in [-0.4, -0.2) is 43.0 Å². The van der Waals surface area contributed by atoms with Crippen molar-refractivity contribution >= 4 is 34.5 Å². The van der Waals surface area contributed by atoms with Crippen LogP contribution < -0.4 is 16.2 Å². The second kappa shape index (κ2) is 9.40. The zero-order valence-electron chi connectivity index (χ0n) is 19.7. The van der Waals surface area contributed by atoms with E-state index in [0.29, 0.717) is 52.9 Å². The lowest BCUT2D eigenvalue weighted by atomic mass is 10.2. The minimum absolute atomic E-state index is 0.190. The van der Waals surface area contributed by atoms with Gasteiger partial charge < -0.3 is 15.4 Å². The van der Waals surface area contributed by atoms with E-state index in [1.54, 1.807) is 52.8 Å². The van der Waals surface area contributed by atoms with Gasteiger partial charge in [0.1, 0.15) is 23.3 Å². The number of aromatic nitrogens is 4. The zero-order valence-corrected chi connectivity index (χ0v) is 20.5. The number of nitrogens with zero attached hydrogens (tertiary/aromatic N) is 5. The normalized spacial score (nSPS) is 15.1. The number of fused-ring (bicyclic) bond motifs is 1. The number of benzene rings is 2. The third-order valence-corrected chi connectivity index (χ3v) is 6.61. The van der Waals surface area contributed by atoms with Crippen molar-refractivity contribution in [3.8, 4) is 29.0 Å². The number of nitrogens with two attached hydrogens (primary N) is 1. The van der Waals surface area contributed by atoms with Crippen molar-refractivity contribution in [1.82, 2.24) is 24.0 Å². The SMILES string of the molecule is CC#CC(=O)N1CCC(n2c(=O)n(-c3ccc(Oc4ccc(Cl)c(C)c4)cc3)c3c(N)ncnc32)C1. The highest BCUT2D eigenvalue weighted by molar-refractivity contribution is 6.31. The molecule has 36 heavy (non-hydrogen) atoms. The molecule has 2 N–H and O–H groups in total. The minimum atomic E-state index is -0.305. The fraction of sp³-hybridized carbons (Fsp3) is 0.231. The second-order valence-corrected chi connectivity index (χ2v) is 8.90. The monoisotopic (exact) mass is 502 g/mol. The number of rotatable bonds is 4. The molecule has 1 amide bonds. The first kappa shape index (κ1) is 23.5.